The minimum absolute atomic E-state index is 0.0595. The Morgan fingerprint density at radius 3 is 2.49 bits per heavy atom. The summed E-state index contributed by atoms with van der Waals surface area (Å²) in [7, 11) is 0. The number of hydrogen-bond acceptors (Lipinski definition) is 6. The van der Waals surface area contributed by atoms with Crippen LogP contribution in [0.3, 0.4) is 0 Å². The zero-order chi connectivity index (χ0) is 29.3. The van der Waals surface area contributed by atoms with E-state index in [1.807, 2.05) is 20.8 Å². The molecular weight excluding hydrogens is 564 g/mol. The van der Waals surface area contributed by atoms with Crippen LogP contribution in [0, 0.1) is 17.3 Å². The lowest BCUT2D eigenvalue weighted by Crippen LogP contribution is -2.62. The summed E-state index contributed by atoms with van der Waals surface area (Å²) in [4.78, 5) is 45.4. The van der Waals surface area contributed by atoms with E-state index in [1.54, 1.807) is 17.1 Å². The van der Waals surface area contributed by atoms with Crippen molar-refractivity contribution < 1.29 is 29.0 Å². The van der Waals surface area contributed by atoms with Crippen molar-refractivity contribution in [3.8, 4) is 0 Å². The van der Waals surface area contributed by atoms with Gasteiger partial charge in [-0.05, 0) is 51.4 Å². The van der Waals surface area contributed by atoms with Gasteiger partial charge in [0.15, 0.2) is 0 Å². The van der Waals surface area contributed by atoms with E-state index in [0.29, 0.717) is 32.2 Å². The Labute approximate surface area is 242 Å². The summed E-state index contributed by atoms with van der Waals surface area (Å²) in [6.07, 6.45) is 5.83. The standard InChI is InChI=1S/C30H47BrN2O6/c1-9-12-13-15-38-27(37)21-22-25(35)33(19(11-3)17-34)24(30(22)16-20(31)23(21)39-30)26(36)32(14-10-2)29(7,8)18-28(4,5)6/h9-10,19-24,34H,1-2,11-18H2,3-8H3/t19-,20?,21+,22-,23+,24?,30?/m0/s1. The Balaban J connectivity index is 2.08. The van der Waals surface area contributed by atoms with Gasteiger partial charge in [0.2, 0.25) is 11.8 Å². The quantitative estimate of drug-likeness (QED) is 0.145. The van der Waals surface area contributed by atoms with Crippen molar-refractivity contribution in [1.29, 1.82) is 0 Å². The molecule has 9 heteroatoms. The first-order valence-corrected chi connectivity index (χ1v) is 15.1. The average molecular weight is 612 g/mol. The van der Waals surface area contributed by atoms with Crippen molar-refractivity contribution in [3.63, 3.8) is 0 Å². The number of esters is 1. The molecule has 0 aromatic carbocycles. The highest BCUT2D eigenvalue weighted by Gasteiger charge is 2.77. The normalized spacial score (nSPS) is 30.7. The molecule has 3 unspecified atom stereocenters. The van der Waals surface area contributed by atoms with Crippen LogP contribution in [0.25, 0.3) is 0 Å². The third-order valence-corrected chi connectivity index (χ3v) is 9.22. The van der Waals surface area contributed by atoms with Gasteiger partial charge in [0.1, 0.15) is 11.6 Å². The minimum Gasteiger partial charge on any atom is -0.465 e. The molecule has 220 valence electrons. The third-order valence-electron chi connectivity index (χ3n) is 8.38. The first-order valence-electron chi connectivity index (χ1n) is 14.2. The number of carbonyl (C=O) groups is 3. The molecule has 2 bridgehead atoms. The molecule has 0 aliphatic carbocycles. The molecule has 0 aromatic rings. The summed E-state index contributed by atoms with van der Waals surface area (Å²) in [6.45, 7) is 20.2. The fraction of sp³-hybridized carbons (Fsp3) is 0.767. The van der Waals surface area contributed by atoms with E-state index < -0.39 is 47.1 Å². The first kappa shape index (κ1) is 31.8. The molecule has 3 rings (SSSR count). The number of allylic oxidation sites excluding steroid dienone is 1. The molecular formula is C30H47BrN2O6. The molecule has 0 aromatic heterocycles. The number of aliphatic hydroxyl groups is 1. The van der Waals surface area contributed by atoms with Crippen LogP contribution in [-0.4, -0.2) is 86.6 Å². The van der Waals surface area contributed by atoms with Gasteiger partial charge < -0.3 is 24.4 Å². The van der Waals surface area contributed by atoms with Crippen molar-refractivity contribution in [1.82, 2.24) is 9.80 Å². The summed E-state index contributed by atoms with van der Waals surface area (Å²) < 4.78 is 12.2. The number of carbonyl (C=O) groups excluding carboxylic acids is 3. The topological polar surface area (TPSA) is 96.4 Å². The van der Waals surface area contributed by atoms with Crippen LogP contribution >= 0.6 is 15.9 Å². The summed E-state index contributed by atoms with van der Waals surface area (Å²) >= 11 is 3.70. The predicted octanol–water partition coefficient (Wildman–Crippen LogP) is 4.24. The highest BCUT2D eigenvalue weighted by molar-refractivity contribution is 9.09. The second-order valence-corrected chi connectivity index (χ2v) is 14.2. The largest absolute Gasteiger partial charge is 0.465 e. The number of ether oxygens (including phenoxy) is 2. The number of halogens is 1. The molecule has 0 saturated carbocycles. The smallest absolute Gasteiger partial charge is 0.312 e. The highest BCUT2D eigenvalue weighted by atomic mass is 79.9. The van der Waals surface area contributed by atoms with Crippen molar-refractivity contribution in [2.45, 2.75) is 108 Å². The Bertz CT molecular complexity index is 958. The fourth-order valence-corrected chi connectivity index (χ4v) is 8.17. The van der Waals surface area contributed by atoms with Crippen LogP contribution in [0.2, 0.25) is 0 Å². The van der Waals surface area contributed by atoms with E-state index in [4.69, 9.17) is 9.47 Å². The van der Waals surface area contributed by atoms with Gasteiger partial charge >= 0.3 is 5.97 Å². The molecule has 3 aliphatic rings. The number of aliphatic hydroxyl groups excluding tert-OH is 1. The number of alkyl halides is 1. The predicted molar refractivity (Wildman–Crippen MR) is 154 cm³/mol. The number of hydrogen-bond donors (Lipinski definition) is 1. The van der Waals surface area contributed by atoms with E-state index in [2.05, 4.69) is 49.9 Å². The number of rotatable bonds is 13. The lowest BCUT2D eigenvalue weighted by atomic mass is 9.70. The zero-order valence-corrected chi connectivity index (χ0v) is 26.0. The highest BCUT2D eigenvalue weighted by Crippen LogP contribution is 2.61. The van der Waals surface area contributed by atoms with E-state index >= 15 is 0 Å². The molecule has 3 aliphatic heterocycles. The van der Waals surface area contributed by atoms with Crippen LogP contribution < -0.4 is 0 Å². The van der Waals surface area contributed by atoms with Gasteiger partial charge in [-0.3, -0.25) is 14.4 Å². The summed E-state index contributed by atoms with van der Waals surface area (Å²) in [6, 6.07) is -1.56. The van der Waals surface area contributed by atoms with E-state index in [9.17, 15) is 19.5 Å². The molecule has 3 fully saturated rings. The van der Waals surface area contributed by atoms with Crippen LogP contribution in [0.1, 0.15) is 73.6 Å². The summed E-state index contributed by atoms with van der Waals surface area (Å²) in [5.74, 6) is -2.72. The molecule has 7 atom stereocenters. The number of nitrogens with zero attached hydrogens (tertiary/aromatic N) is 2. The summed E-state index contributed by atoms with van der Waals surface area (Å²) in [5.41, 5.74) is -1.81. The van der Waals surface area contributed by atoms with Crippen LogP contribution in [0.5, 0.6) is 0 Å². The average Bonchev–Trinajstić information content (AvgIpc) is 3.43. The number of likely N-dealkylation sites (tertiary alicyclic amines) is 1. The Morgan fingerprint density at radius 1 is 1.28 bits per heavy atom. The number of fused-ring (bicyclic) bond motifs is 1. The number of amides is 2. The van der Waals surface area contributed by atoms with E-state index in [-0.39, 0.29) is 35.3 Å². The van der Waals surface area contributed by atoms with Gasteiger partial charge in [0.25, 0.3) is 0 Å². The van der Waals surface area contributed by atoms with Gasteiger partial charge in [0, 0.05) is 16.9 Å². The fourth-order valence-electron chi connectivity index (χ4n) is 7.23. The lowest BCUT2D eigenvalue weighted by Gasteiger charge is -2.46. The van der Waals surface area contributed by atoms with Gasteiger partial charge in [-0.15, -0.1) is 13.2 Å². The van der Waals surface area contributed by atoms with Crippen molar-refractivity contribution in [2.24, 2.45) is 17.3 Å². The second-order valence-electron chi connectivity index (χ2n) is 13.0. The van der Waals surface area contributed by atoms with Gasteiger partial charge in [0.05, 0.1) is 37.2 Å². The second kappa shape index (κ2) is 12.0. The Hall–Kier alpha value is -1.71. The monoisotopic (exact) mass is 610 g/mol. The van der Waals surface area contributed by atoms with E-state index in [1.165, 1.54) is 4.90 Å². The van der Waals surface area contributed by atoms with Crippen LogP contribution in [0.15, 0.2) is 25.3 Å². The maximum atomic E-state index is 14.7. The van der Waals surface area contributed by atoms with Gasteiger partial charge in [-0.2, -0.15) is 0 Å². The summed E-state index contributed by atoms with van der Waals surface area (Å²) in [5, 5.41) is 10.3. The Kier molecular flexibility index (Phi) is 9.81. The molecule has 3 saturated heterocycles. The van der Waals surface area contributed by atoms with E-state index in [0.717, 1.165) is 6.42 Å². The lowest BCUT2D eigenvalue weighted by molar-refractivity contribution is -0.158. The SMILES string of the molecule is C=CCCCOC(=O)[C@H]1[C@@H]2OC3(CC2Br)C(C(=O)N(CC=C)C(C)(C)CC(C)(C)C)N([C@@H](CC)CO)C(=O)[C@H]13. The minimum atomic E-state index is -1.20. The zero-order valence-electron chi connectivity index (χ0n) is 24.5. The van der Waals surface area contributed by atoms with Gasteiger partial charge in [-0.25, -0.2) is 0 Å². The maximum Gasteiger partial charge on any atom is 0.312 e. The maximum absolute atomic E-state index is 14.7. The van der Waals surface area contributed by atoms with Crippen molar-refractivity contribution in [3.05, 3.63) is 25.3 Å². The van der Waals surface area contributed by atoms with Crippen LogP contribution in [-0.2, 0) is 23.9 Å². The molecule has 1 N–H and O–H groups in total. The molecule has 39 heavy (non-hydrogen) atoms. The molecule has 3 heterocycles. The van der Waals surface area contributed by atoms with Crippen molar-refractivity contribution in [2.75, 3.05) is 19.8 Å². The van der Waals surface area contributed by atoms with Crippen molar-refractivity contribution >= 4 is 33.7 Å². The number of unbranched alkanes of at least 4 members (excludes halogenated alkanes) is 1. The molecule has 1 spiro atoms. The molecule has 8 nitrogen and oxygen atoms in total. The Morgan fingerprint density at radius 2 is 1.95 bits per heavy atom. The first-order chi connectivity index (χ1) is 18.2. The molecule has 2 amide bonds. The van der Waals surface area contributed by atoms with Crippen LogP contribution in [0.4, 0.5) is 0 Å². The van der Waals surface area contributed by atoms with Gasteiger partial charge in [-0.1, -0.05) is 55.8 Å². The third kappa shape index (κ3) is 5.87. The molecule has 0 radical (unpaired) electrons.